The molecule has 0 spiro atoms. The van der Waals surface area contributed by atoms with Gasteiger partial charge < -0.3 is 14.5 Å². The van der Waals surface area contributed by atoms with Crippen molar-refractivity contribution in [2.45, 2.75) is 59.1 Å². The highest BCUT2D eigenvalue weighted by atomic mass is 32.1. The molecule has 1 aromatic heterocycles. The molecule has 2 aromatic carbocycles. The van der Waals surface area contributed by atoms with Crippen molar-refractivity contribution < 1.29 is 14.3 Å². The molecule has 0 bridgehead atoms. The Morgan fingerprint density at radius 2 is 1.84 bits per heavy atom. The van der Waals surface area contributed by atoms with Gasteiger partial charge in [0, 0.05) is 31.4 Å². The van der Waals surface area contributed by atoms with Crippen LogP contribution in [-0.2, 0) is 17.8 Å². The summed E-state index contributed by atoms with van der Waals surface area (Å²) in [6.07, 6.45) is 3.50. The molecule has 1 atom stereocenters. The molecule has 2 aliphatic heterocycles. The Kier molecular flexibility index (Phi) is 7.60. The second-order valence-corrected chi connectivity index (χ2v) is 11.5. The maximum atomic E-state index is 13.3. The van der Waals surface area contributed by atoms with Crippen molar-refractivity contribution in [3.8, 4) is 5.75 Å². The molecule has 2 amide bonds. The van der Waals surface area contributed by atoms with E-state index in [-0.39, 0.29) is 17.9 Å². The van der Waals surface area contributed by atoms with Crippen LogP contribution >= 0.6 is 11.3 Å². The van der Waals surface area contributed by atoms with Gasteiger partial charge in [-0.05, 0) is 60.9 Å². The van der Waals surface area contributed by atoms with E-state index in [2.05, 4.69) is 62.2 Å². The van der Waals surface area contributed by atoms with Crippen LogP contribution in [0.3, 0.4) is 0 Å². The number of thiazole rings is 1. The molecule has 1 unspecified atom stereocenters. The SMILES string of the molecule is Cc1ccc(C2c3cc(OCc4nc(C(=O)N5CCCC5)cs4)ccc3CCN2C(=O)CC(C)C)cc1. The molecular weight excluding hydrogens is 482 g/mol. The lowest BCUT2D eigenvalue weighted by molar-refractivity contribution is -0.134. The van der Waals surface area contributed by atoms with Crippen LogP contribution in [0.15, 0.2) is 47.8 Å². The summed E-state index contributed by atoms with van der Waals surface area (Å²) in [6.45, 7) is 8.91. The standard InChI is InChI=1S/C30H35N3O3S/c1-20(2)16-28(34)33-15-12-22-10-11-24(17-25(22)29(33)23-8-6-21(3)7-9-23)36-18-27-31-26(19-37-27)30(35)32-13-4-5-14-32/h6-11,17,19-20,29H,4-5,12-16,18H2,1-3H3. The number of amides is 2. The van der Waals surface area contributed by atoms with Crippen LogP contribution in [0.5, 0.6) is 5.75 Å². The van der Waals surface area contributed by atoms with Crippen LogP contribution in [0.4, 0.5) is 0 Å². The number of hydrogen-bond acceptors (Lipinski definition) is 5. The number of nitrogens with zero attached hydrogens (tertiary/aromatic N) is 3. The highest BCUT2D eigenvalue weighted by Crippen LogP contribution is 2.38. The molecule has 0 N–H and O–H groups in total. The lowest BCUT2D eigenvalue weighted by Gasteiger charge is -2.38. The van der Waals surface area contributed by atoms with Crippen LogP contribution in [0, 0.1) is 12.8 Å². The highest BCUT2D eigenvalue weighted by molar-refractivity contribution is 7.09. The Morgan fingerprint density at radius 3 is 2.57 bits per heavy atom. The van der Waals surface area contributed by atoms with Gasteiger partial charge in [-0.1, -0.05) is 49.7 Å². The van der Waals surface area contributed by atoms with E-state index in [1.54, 1.807) is 0 Å². The number of aryl methyl sites for hydroxylation is 1. The van der Waals surface area contributed by atoms with Crippen LogP contribution in [0.1, 0.15) is 76.9 Å². The Hall–Kier alpha value is -3.19. The van der Waals surface area contributed by atoms with E-state index in [4.69, 9.17) is 4.74 Å². The second-order valence-electron chi connectivity index (χ2n) is 10.5. The molecule has 7 heteroatoms. The first-order chi connectivity index (χ1) is 17.9. The third-order valence-corrected chi connectivity index (χ3v) is 7.99. The minimum Gasteiger partial charge on any atom is -0.486 e. The van der Waals surface area contributed by atoms with Gasteiger partial charge in [0.2, 0.25) is 5.91 Å². The molecule has 1 saturated heterocycles. The minimum atomic E-state index is -0.135. The van der Waals surface area contributed by atoms with Crippen LogP contribution < -0.4 is 4.74 Å². The summed E-state index contributed by atoms with van der Waals surface area (Å²) in [4.78, 5) is 34.4. The van der Waals surface area contributed by atoms with Crippen molar-refractivity contribution in [1.29, 1.82) is 0 Å². The normalized spacial score (nSPS) is 17.2. The number of benzene rings is 2. The first-order valence-electron chi connectivity index (χ1n) is 13.2. The van der Waals surface area contributed by atoms with Gasteiger partial charge in [0.25, 0.3) is 5.91 Å². The number of fused-ring (bicyclic) bond motifs is 1. The number of likely N-dealkylation sites (tertiary alicyclic amines) is 1. The number of carbonyl (C=O) groups excluding carboxylic acids is 2. The monoisotopic (exact) mass is 517 g/mol. The van der Waals surface area contributed by atoms with Gasteiger partial charge >= 0.3 is 0 Å². The molecule has 6 nitrogen and oxygen atoms in total. The van der Waals surface area contributed by atoms with Crippen LogP contribution in [0.25, 0.3) is 0 Å². The molecule has 194 valence electrons. The number of ether oxygens (including phenoxy) is 1. The molecule has 0 aliphatic carbocycles. The fourth-order valence-electron chi connectivity index (χ4n) is 5.23. The van der Waals surface area contributed by atoms with Crippen LogP contribution in [-0.4, -0.2) is 46.2 Å². The summed E-state index contributed by atoms with van der Waals surface area (Å²) in [5.74, 6) is 1.26. The van der Waals surface area contributed by atoms with Crippen molar-refractivity contribution in [2.24, 2.45) is 5.92 Å². The largest absolute Gasteiger partial charge is 0.486 e. The Morgan fingerprint density at radius 1 is 1.08 bits per heavy atom. The van der Waals surface area contributed by atoms with Gasteiger partial charge in [-0.15, -0.1) is 11.3 Å². The first kappa shape index (κ1) is 25.5. The number of hydrogen-bond donors (Lipinski definition) is 0. The van der Waals surface area contributed by atoms with E-state index >= 15 is 0 Å². The maximum Gasteiger partial charge on any atom is 0.273 e. The molecule has 1 fully saturated rings. The van der Waals surface area contributed by atoms with E-state index in [0.717, 1.165) is 54.2 Å². The molecule has 3 aromatic rings. The Balaban J connectivity index is 1.37. The number of aromatic nitrogens is 1. The average Bonchev–Trinajstić information content (AvgIpc) is 3.59. The van der Waals surface area contributed by atoms with Gasteiger partial charge in [-0.2, -0.15) is 0 Å². The van der Waals surface area contributed by atoms with E-state index in [9.17, 15) is 9.59 Å². The zero-order valence-electron chi connectivity index (χ0n) is 21.9. The topological polar surface area (TPSA) is 62.7 Å². The van der Waals surface area contributed by atoms with Gasteiger partial charge in [0.05, 0.1) is 6.04 Å². The predicted molar refractivity (Wildman–Crippen MR) is 146 cm³/mol. The first-order valence-corrected chi connectivity index (χ1v) is 14.1. The summed E-state index contributed by atoms with van der Waals surface area (Å²) in [5.41, 5.74) is 5.19. The summed E-state index contributed by atoms with van der Waals surface area (Å²) >= 11 is 1.46. The number of rotatable bonds is 7. The van der Waals surface area contributed by atoms with E-state index < -0.39 is 0 Å². The number of carbonyl (C=O) groups is 2. The van der Waals surface area contributed by atoms with Crippen molar-refractivity contribution in [1.82, 2.24) is 14.8 Å². The Labute approximate surface area is 223 Å². The summed E-state index contributed by atoms with van der Waals surface area (Å²) in [6, 6.07) is 14.6. The fraction of sp³-hybridized carbons (Fsp3) is 0.433. The molecular formula is C30H35N3O3S. The summed E-state index contributed by atoms with van der Waals surface area (Å²) < 4.78 is 6.16. The third-order valence-electron chi connectivity index (χ3n) is 7.17. The zero-order valence-corrected chi connectivity index (χ0v) is 22.7. The van der Waals surface area contributed by atoms with E-state index in [1.165, 1.54) is 22.5 Å². The lowest BCUT2D eigenvalue weighted by Crippen LogP contribution is -2.41. The third kappa shape index (κ3) is 5.72. The maximum absolute atomic E-state index is 13.3. The van der Waals surface area contributed by atoms with Crippen molar-refractivity contribution >= 4 is 23.2 Å². The fourth-order valence-corrected chi connectivity index (χ4v) is 5.91. The molecule has 0 saturated carbocycles. The molecule has 2 aliphatic rings. The summed E-state index contributed by atoms with van der Waals surface area (Å²) in [7, 11) is 0. The molecule has 0 radical (unpaired) electrons. The average molecular weight is 518 g/mol. The van der Waals surface area contributed by atoms with Crippen LogP contribution in [0.2, 0.25) is 0 Å². The highest BCUT2D eigenvalue weighted by Gasteiger charge is 2.32. The predicted octanol–water partition coefficient (Wildman–Crippen LogP) is 5.79. The van der Waals surface area contributed by atoms with Crippen molar-refractivity contribution in [3.05, 3.63) is 80.8 Å². The Bertz CT molecular complexity index is 1260. The summed E-state index contributed by atoms with van der Waals surface area (Å²) in [5, 5.41) is 2.61. The molecule has 3 heterocycles. The molecule has 37 heavy (non-hydrogen) atoms. The lowest BCUT2D eigenvalue weighted by atomic mass is 9.87. The zero-order chi connectivity index (χ0) is 25.9. The van der Waals surface area contributed by atoms with Gasteiger partial charge in [0.15, 0.2) is 0 Å². The van der Waals surface area contributed by atoms with Gasteiger partial charge in [-0.3, -0.25) is 9.59 Å². The quantitative estimate of drug-likeness (QED) is 0.398. The minimum absolute atomic E-state index is 0.0147. The van der Waals surface area contributed by atoms with Gasteiger partial charge in [-0.25, -0.2) is 4.98 Å². The second kappa shape index (κ2) is 11.1. The van der Waals surface area contributed by atoms with Crippen molar-refractivity contribution in [3.63, 3.8) is 0 Å². The molecule has 5 rings (SSSR count). The van der Waals surface area contributed by atoms with E-state index in [1.807, 2.05) is 21.2 Å². The van der Waals surface area contributed by atoms with Crippen molar-refractivity contribution in [2.75, 3.05) is 19.6 Å². The smallest absolute Gasteiger partial charge is 0.273 e. The van der Waals surface area contributed by atoms with Gasteiger partial charge in [0.1, 0.15) is 23.1 Å². The van der Waals surface area contributed by atoms with E-state index in [0.29, 0.717) is 31.2 Å².